The number of aryl methyl sites for hydroxylation is 1. The summed E-state index contributed by atoms with van der Waals surface area (Å²) >= 11 is 0. The van der Waals surface area contributed by atoms with Crippen molar-refractivity contribution in [2.75, 3.05) is 28.9 Å². The van der Waals surface area contributed by atoms with Crippen molar-refractivity contribution in [3.63, 3.8) is 0 Å². The van der Waals surface area contributed by atoms with Crippen LogP contribution in [-0.2, 0) is 10.0 Å². The second kappa shape index (κ2) is 11.6. The average Bonchev–Trinajstić information content (AvgIpc) is 3.81. The van der Waals surface area contributed by atoms with Crippen LogP contribution in [0.5, 0.6) is 11.6 Å². The van der Waals surface area contributed by atoms with Crippen LogP contribution in [0.4, 0.5) is 16.0 Å². The highest BCUT2D eigenvalue weighted by Crippen LogP contribution is 2.40. The van der Waals surface area contributed by atoms with Gasteiger partial charge in [-0.25, -0.2) is 27.8 Å². The fourth-order valence-electron chi connectivity index (χ4n) is 5.13. The molecule has 3 N–H and O–H groups in total. The Balaban J connectivity index is 1.32. The molecule has 0 bridgehead atoms. The van der Waals surface area contributed by atoms with Gasteiger partial charge in [-0.2, -0.15) is 0 Å². The number of piperidine rings is 1. The van der Waals surface area contributed by atoms with E-state index in [1.54, 1.807) is 36.7 Å². The molecule has 2 fully saturated rings. The molecule has 41 heavy (non-hydrogen) atoms. The third-order valence-electron chi connectivity index (χ3n) is 7.58. The van der Waals surface area contributed by atoms with Crippen LogP contribution < -0.4 is 20.1 Å². The van der Waals surface area contributed by atoms with Gasteiger partial charge in [-0.3, -0.25) is 4.72 Å². The molecule has 2 aromatic heterocycles. The van der Waals surface area contributed by atoms with E-state index in [2.05, 4.69) is 25.3 Å². The van der Waals surface area contributed by atoms with Crippen molar-refractivity contribution in [1.29, 1.82) is 0 Å². The monoisotopic (exact) mass is 576 g/mol. The van der Waals surface area contributed by atoms with Crippen LogP contribution in [-0.4, -0.2) is 48.3 Å². The standard InChI is InChI=1S/C30H33FN6O3S/c1-19-6-9-22-23(10-11-25(31)27(22)37-41(38,39)17-13-20-7-8-20)28(19)40-29-24(5-3-15-33-29)26-12-16-34-30(36-26)35-21-4-2-14-32-18-21/h3,5-6,9-12,15-16,20-21,32,37H,2,4,7-8,13-14,17-18H2,1H3,(H,34,35,36)/t21-/m0/s1. The van der Waals surface area contributed by atoms with Gasteiger partial charge in [0.25, 0.3) is 0 Å². The van der Waals surface area contributed by atoms with Crippen molar-refractivity contribution in [3.8, 4) is 22.9 Å². The normalized spacial score (nSPS) is 17.4. The fraction of sp³-hybridized carbons (Fsp3) is 0.367. The first-order chi connectivity index (χ1) is 19.9. The Morgan fingerprint density at radius 3 is 2.71 bits per heavy atom. The van der Waals surface area contributed by atoms with Crippen molar-refractivity contribution >= 4 is 32.4 Å². The van der Waals surface area contributed by atoms with Crippen molar-refractivity contribution < 1.29 is 17.5 Å². The van der Waals surface area contributed by atoms with E-state index in [0.717, 1.165) is 44.3 Å². The van der Waals surface area contributed by atoms with Crippen LogP contribution in [0.25, 0.3) is 22.0 Å². The molecule has 1 aliphatic carbocycles. The molecular formula is C30H33FN6O3S. The molecule has 11 heteroatoms. The lowest BCUT2D eigenvalue weighted by atomic mass is 10.0. The lowest BCUT2D eigenvalue weighted by Gasteiger charge is -2.23. The van der Waals surface area contributed by atoms with Crippen molar-refractivity contribution in [2.24, 2.45) is 5.92 Å². The Labute approximate surface area is 239 Å². The average molecular weight is 577 g/mol. The molecule has 4 aromatic rings. The predicted octanol–water partition coefficient (Wildman–Crippen LogP) is 5.64. The van der Waals surface area contributed by atoms with Crippen LogP contribution in [0.2, 0.25) is 0 Å². The number of fused-ring (bicyclic) bond motifs is 1. The largest absolute Gasteiger partial charge is 0.437 e. The fourth-order valence-corrected chi connectivity index (χ4v) is 6.40. The number of halogens is 1. The van der Waals surface area contributed by atoms with E-state index in [9.17, 15) is 8.42 Å². The zero-order valence-electron chi connectivity index (χ0n) is 22.9. The summed E-state index contributed by atoms with van der Waals surface area (Å²) in [5.74, 6) is 1.08. The summed E-state index contributed by atoms with van der Waals surface area (Å²) in [5, 5.41) is 7.76. The zero-order chi connectivity index (χ0) is 28.4. The van der Waals surface area contributed by atoms with Gasteiger partial charge in [0.05, 0.1) is 22.7 Å². The highest BCUT2D eigenvalue weighted by molar-refractivity contribution is 7.92. The summed E-state index contributed by atoms with van der Waals surface area (Å²) in [6.45, 7) is 3.75. The molecule has 2 aliphatic rings. The number of nitrogens with zero attached hydrogens (tertiary/aromatic N) is 3. The number of benzene rings is 2. The molecule has 214 valence electrons. The summed E-state index contributed by atoms with van der Waals surface area (Å²) < 4.78 is 49.5. The van der Waals surface area contributed by atoms with Gasteiger partial charge >= 0.3 is 0 Å². The highest BCUT2D eigenvalue weighted by atomic mass is 32.2. The summed E-state index contributed by atoms with van der Waals surface area (Å²) in [4.78, 5) is 13.6. The van der Waals surface area contributed by atoms with Gasteiger partial charge in [0.2, 0.25) is 21.9 Å². The van der Waals surface area contributed by atoms with E-state index in [1.807, 2.05) is 19.1 Å². The van der Waals surface area contributed by atoms with E-state index in [1.165, 1.54) is 6.07 Å². The number of aromatic nitrogens is 3. The number of sulfonamides is 1. The van der Waals surface area contributed by atoms with Crippen molar-refractivity contribution in [3.05, 3.63) is 66.2 Å². The molecule has 0 amide bonds. The minimum absolute atomic E-state index is 0.0347. The summed E-state index contributed by atoms with van der Waals surface area (Å²) in [6, 6.07) is 12.1. The van der Waals surface area contributed by atoms with Gasteiger partial charge in [0, 0.05) is 35.8 Å². The van der Waals surface area contributed by atoms with Gasteiger partial charge < -0.3 is 15.4 Å². The molecule has 1 saturated heterocycles. The zero-order valence-corrected chi connectivity index (χ0v) is 23.7. The Morgan fingerprint density at radius 1 is 1.05 bits per heavy atom. The van der Waals surface area contributed by atoms with Crippen molar-refractivity contribution in [1.82, 2.24) is 20.3 Å². The van der Waals surface area contributed by atoms with Gasteiger partial charge in [-0.1, -0.05) is 25.0 Å². The third kappa shape index (κ3) is 6.41. The highest BCUT2D eigenvalue weighted by Gasteiger charge is 2.25. The quantitative estimate of drug-likeness (QED) is 0.222. The maximum atomic E-state index is 15.0. The molecule has 0 spiro atoms. The first-order valence-corrected chi connectivity index (χ1v) is 15.7. The number of pyridine rings is 1. The minimum atomic E-state index is -3.71. The van der Waals surface area contributed by atoms with Crippen LogP contribution in [0.1, 0.15) is 37.7 Å². The number of nitrogens with one attached hydrogen (secondary N) is 3. The smallest absolute Gasteiger partial charge is 0.232 e. The molecule has 0 radical (unpaired) electrons. The lowest BCUT2D eigenvalue weighted by Crippen LogP contribution is -2.38. The van der Waals surface area contributed by atoms with E-state index in [-0.39, 0.29) is 17.5 Å². The van der Waals surface area contributed by atoms with Gasteiger partial charge in [0.1, 0.15) is 11.6 Å². The van der Waals surface area contributed by atoms with Crippen LogP contribution >= 0.6 is 0 Å². The second-order valence-electron chi connectivity index (χ2n) is 10.8. The van der Waals surface area contributed by atoms with Gasteiger partial charge in [-0.05, 0) is 74.5 Å². The van der Waals surface area contributed by atoms with Crippen molar-refractivity contribution in [2.45, 2.75) is 45.1 Å². The van der Waals surface area contributed by atoms with Crippen LogP contribution in [0.3, 0.4) is 0 Å². The third-order valence-corrected chi connectivity index (χ3v) is 8.87. The number of rotatable bonds is 10. The number of ether oxygens (including phenoxy) is 1. The van der Waals surface area contributed by atoms with Crippen LogP contribution in [0, 0.1) is 18.7 Å². The topological polar surface area (TPSA) is 118 Å². The van der Waals surface area contributed by atoms with Gasteiger partial charge in [0.15, 0.2) is 0 Å². The first kappa shape index (κ1) is 27.3. The summed E-state index contributed by atoms with van der Waals surface area (Å²) in [7, 11) is -3.71. The SMILES string of the molecule is Cc1ccc2c(NS(=O)(=O)CCC3CC3)c(F)ccc2c1Oc1ncccc1-c1ccnc(N[C@H]2CCCNC2)n1. The van der Waals surface area contributed by atoms with E-state index >= 15 is 4.39 Å². The van der Waals surface area contributed by atoms with Crippen LogP contribution in [0.15, 0.2) is 54.9 Å². The Morgan fingerprint density at radius 2 is 1.90 bits per heavy atom. The summed E-state index contributed by atoms with van der Waals surface area (Å²) in [5.41, 5.74) is 2.02. The first-order valence-electron chi connectivity index (χ1n) is 14.0. The minimum Gasteiger partial charge on any atom is -0.437 e. The molecule has 6 rings (SSSR count). The molecule has 1 saturated carbocycles. The van der Waals surface area contributed by atoms with E-state index in [4.69, 9.17) is 9.72 Å². The van der Waals surface area contributed by atoms with E-state index in [0.29, 0.717) is 51.9 Å². The van der Waals surface area contributed by atoms with Gasteiger partial charge in [-0.15, -0.1) is 0 Å². The number of hydrogen-bond donors (Lipinski definition) is 3. The molecular weight excluding hydrogens is 543 g/mol. The summed E-state index contributed by atoms with van der Waals surface area (Å²) in [6.07, 6.45) is 8.15. The second-order valence-corrected chi connectivity index (χ2v) is 12.6. The maximum Gasteiger partial charge on any atom is 0.232 e. The molecule has 0 unspecified atom stereocenters. The molecule has 2 aromatic carbocycles. The number of anilines is 2. The molecule has 3 heterocycles. The Kier molecular flexibility index (Phi) is 7.72. The molecule has 9 nitrogen and oxygen atoms in total. The number of hydrogen-bond acceptors (Lipinski definition) is 8. The predicted molar refractivity (Wildman–Crippen MR) is 158 cm³/mol. The van der Waals surface area contributed by atoms with E-state index < -0.39 is 15.8 Å². The lowest BCUT2D eigenvalue weighted by molar-refractivity contribution is 0.466. The Hall–Kier alpha value is -3.83. The molecule has 1 aliphatic heterocycles. The Bertz CT molecular complexity index is 1670. The molecule has 1 atom stereocenters. The maximum absolute atomic E-state index is 15.0.